The standard InChI is InChI=1S/C32H27N2.C25H21N2.C23H17N2.3Ir/c1-20(2)23-16-17-25(22(4)18-23)30-19-33-32-28-14-9-13-26(24-11-6-5-10-21(24)3)31(28)27-12-7-8-15-29(27)34(30)32;1-15-9-10-20-19-7-5-6-8-21(19)25-26-14-23(27(25)22(20)13-15)24-17(3)11-16(2)12-18(24)4;1-15-8-7-9-16(2)22(15)20-14-24-25-21-13-6-5-11-18(21)17-10-3-4-12-19(17)23(20)25;;;/h5-13,15-20H,1-4H3;5-7,9-14H,1-4H3;3-12,14H,1-2H3;;;/q3*-1;;;. The van der Waals surface area contributed by atoms with E-state index in [1.807, 2.05) is 47.4 Å². The Morgan fingerprint density at radius 1 is 0.382 bits per heavy atom. The van der Waals surface area contributed by atoms with Gasteiger partial charge in [-0.2, -0.15) is 29.4 Å². The molecule has 0 fully saturated rings. The average molecular weight is 1690 g/mol. The van der Waals surface area contributed by atoms with Crippen LogP contribution in [-0.4, -0.2) is 28.4 Å². The minimum absolute atomic E-state index is 0. The first-order valence-electron chi connectivity index (χ1n) is 29.8. The summed E-state index contributed by atoms with van der Waals surface area (Å²) in [6.45, 7) is 21.9. The molecule has 16 rings (SSSR count). The maximum Gasteiger partial charge on any atom is 0.0790 e. The number of fused-ring (bicyclic) bond motifs is 18. The second-order valence-electron chi connectivity index (χ2n) is 23.6. The van der Waals surface area contributed by atoms with E-state index in [9.17, 15) is 0 Å². The second kappa shape index (κ2) is 25.3. The minimum Gasteiger partial charge on any atom is -0.333 e. The fourth-order valence-electron chi connectivity index (χ4n) is 13.6. The van der Waals surface area contributed by atoms with Gasteiger partial charge in [-0.05, 0) is 151 Å². The topological polar surface area (TPSA) is 51.9 Å². The van der Waals surface area contributed by atoms with Crippen LogP contribution in [0.1, 0.15) is 69.8 Å². The number of benzene rings is 10. The van der Waals surface area contributed by atoms with Gasteiger partial charge in [-0.25, -0.2) is 0 Å². The van der Waals surface area contributed by atoms with E-state index in [1.54, 1.807) is 0 Å². The first-order valence-corrected chi connectivity index (χ1v) is 29.8. The Morgan fingerprint density at radius 2 is 1.00 bits per heavy atom. The number of hydrogen-bond donors (Lipinski definition) is 0. The van der Waals surface area contributed by atoms with Gasteiger partial charge in [0.1, 0.15) is 0 Å². The fourth-order valence-corrected chi connectivity index (χ4v) is 13.6. The van der Waals surface area contributed by atoms with Crippen LogP contribution >= 0.6 is 0 Å². The minimum atomic E-state index is 0. The molecule has 3 radical (unpaired) electrons. The molecule has 0 spiro atoms. The largest absolute Gasteiger partial charge is 0.333 e. The smallest absolute Gasteiger partial charge is 0.0790 e. The van der Waals surface area contributed by atoms with E-state index in [1.165, 1.54) is 132 Å². The first-order chi connectivity index (χ1) is 41.8. The van der Waals surface area contributed by atoms with E-state index >= 15 is 0 Å². The summed E-state index contributed by atoms with van der Waals surface area (Å²) in [7, 11) is 0. The quantitative estimate of drug-likeness (QED) is 0.127. The van der Waals surface area contributed by atoms with Crippen LogP contribution in [-0.2, 0) is 60.3 Å². The molecule has 6 heterocycles. The van der Waals surface area contributed by atoms with Crippen molar-refractivity contribution in [3.8, 4) is 44.8 Å². The summed E-state index contributed by atoms with van der Waals surface area (Å²) >= 11 is 0. The van der Waals surface area contributed by atoms with Crippen LogP contribution in [0.25, 0.3) is 127 Å². The van der Waals surface area contributed by atoms with Gasteiger partial charge < -0.3 is 8.80 Å². The number of nitrogens with zero attached hydrogens (tertiary/aromatic N) is 6. The molecule has 0 saturated heterocycles. The molecule has 0 aliphatic carbocycles. The van der Waals surface area contributed by atoms with Gasteiger partial charge >= 0.3 is 0 Å². The molecule has 6 nitrogen and oxygen atoms in total. The molecule has 0 saturated carbocycles. The van der Waals surface area contributed by atoms with Crippen molar-refractivity contribution >= 4 is 81.8 Å². The maximum atomic E-state index is 4.96. The van der Waals surface area contributed by atoms with Gasteiger partial charge in [-0.1, -0.05) is 174 Å². The van der Waals surface area contributed by atoms with E-state index in [4.69, 9.17) is 15.1 Å². The van der Waals surface area contributed by atoms with Crippen LogP contribution in [0.4, 0.5) is 0 Å². The predicted octanol–water partition coefficient (Wildman–Crippen LogP) is 20.6. The summed E-state index contributed by atoms with van der Waals surface area (Å²) in [5.41, 5.74) is 27.7. The number of imidazole rings is 2. The zero-order chi connectivity index (χ0) is 59.1. The maximum absolute atomic E-state index is 4.96. The number of hydrogen-bond acceptors (Lipinski definition) is 3. The first kappa shape index (κ1) is 62.4. The molecule has 0 N–H and O–H groups in total. The Hall–Kier alpha value is -8.22. The predicted molar refractivity (Wildman–Crippen MR) is 361 cm³/mol. The van der Waals surface area contributed by atoms with E-state index in [2.05, 4.69) is 260 Å². The van der Waals surface area contributed by atoms with Gasteiger partial charge in [0.15, 0.2) is 0 Å². The summed E-state index contributed by atoms with van der Waals surface area (Å²) in [6.07, 6.45) is 6.03. The summed E-state index contributed by atoms with van der Waals surface area (Å²) in [5.74, 6) is 0.508. The third-order valence-electron chi connectivity index (χ3n) is 17.5. The molecule has 0 atom stereocenters. The van der Waals surface area contributed by atoms with Crippen LogP contribution in [0.5, 0.6) is 0 Å². The van der Waals surface area contributed by atoms with Crippen molar-refractivity contribution in [2.45, 2.75) is 75.2 Å². The van der Waals surface area contributed by atoms with Crippen molar-refractivity contribution in [3.63, 3.8) is 0 Å². The van der Waals surface area contributed by atoms with Gasteiger partial charge in [0, 0.05) is 100 Å². The Bertz CT molecular complexity index is 5350. The van der Waals surface area contributed by atoms with E-state index in [0.717, 1.165) is 44.5 Å². The molecule has 0 amide bonds. The average Bonchev–Trinajstić information content (AvgIpc) is 1.92. The molecular weight excluding hydrogens is 1620 g/mol. The van der Waals surface area contributed by atoms with Crippen molar-refractivity contribution in [2.75, 3.05) is 0 Å². The molecule has 9 heteroatoms. The third-order valence-corrected chi connectivity index (χ3v) is 17.5. The normalized spacial score (nSPS) is 11.3. The van der Waals surface area contributed by atoms with Crippen LogP contribution in [0.2, 0.25) is 0 Å². The van der Waals surface area contributed by atoms with Gasteiger partial charge in [0.25, 0.3) is 0 Å². The van der Waals surface area contributed by atoms with Crippen molar-refractivity contribution < 1.29 is 60.3 Å². The Balaban J connectivity index is 0.000000137. The van der Waals surface area contributed by atoms with E-state index in [-0.39, 0.29) is 60.3 Å². The van der Waals surface area contributed by atoms with Crippen molar-refractivity contribution in [2.24, 2.45) is 0 Å². The van der Waals surface area contributed by atoms with E-state index in [0.29, 0.717) is 5.92 Å². The number of aromatic nitrogens is 6. The molecule has 10 aromatic carbocycles. The molecule has 0 bridgehead atoms. The van der Waals surface area contributed by atoms with Crippen LogP contribution < -0.4 is 0 Å². The van der Waals surface area contributed by atoms with Crippen molar-refractivity contribution in [1.29, 1.82) is 0 Å². The summed E-state index contributed by atoms with van der Waals surface area (Å²) in [5, 5.41) is 15.4. The van der Waals surface area contributed by atoms with Gasteiger partial charge in [-0.3, -0.25) is 14.5 Å². The SMILES string of the molecule is Cc1cc(C)c(-c2cnc3c4[c-]cccc4c4ccc(C)cc4n23)c(C)c1.Cc1cccc(C)c1-c1cnn2c3[c-]cccc3c3ccccc3c12.Cc1ccccc1-c1cc[c-]c2c1c1ccccc1n1c(-c3ccc(C(C)C)cc3C)cnc21.[Ir].[Ir].[Ir]. The molecule has 6 aromatic heterocycles. The third kappa shape index (κ3) is 10.8. The number of para-hydroxylation sites is 2. The zero-order valence-corrected chi connectivity index (χ0v) is 58.6. The zero-order valence-electron chi connectivity index (χ0n) is 51.4. The fraction of sp³-hybridized carbons (Fsp3) is 0.138. The molecule has 89 heavy (non-hydrogen) atoms. The number of aryl methyl sites for hydroxylation is 8. The van der Waals surface area contributed by atoms with Crippen LogP contribution in [0.15, 0.2) is 207 Å². The van der Waals surface area contributed by atoms with Gasteiger partial charge in [-0.15, -0.1) is 53.2 Å². The van der Waals surface area contributed by atoms with Gasteiger partial charge in [0.05, 0.1) is 34.4 Å². The van der Waals surface area contributed by atoms with Crippen molar-refractivity contribution in [1.82, 2.24) is 28.4 Å². The summed E-state index contributed by atoms with van der Waals surface area (Å²) in [6, 6.07) is 77.2. The molecule has 0 aliphatic heterocycles. The van der Waals surface area contributed by atoms with E-state index < -0.39 is 0 Å². The Morgan fingerprint density at radius 3 is 1.73 bits per heavy atom. The number of pyridine rings is 3. The monoisotopic (exact) mass is 1690 g/mol. The Labute approximate surface area is 560 Å². The molecule has 16 aromatic rings. The Kier molecular flexibility index (Phi) is 17.8. The number of rotatable bonds is 5. The molecular formula is C80H65Ir3N6-3. The molecule has 0 unspecified atom stereocenters. The molecule has 445 valence electrons. The van der Waals surface area contributed by atoms with Crippen LogP contribution in [0.3, 0.4) is 0 Å². The van der Waals surface area contributed by atoms with Crippen molar-refractivity contribution in [3.05, 3.63) is 275 Å². The molecule has 0 aliphatic rings. The second-order valence-corrected chi connectivity index (χ2v) is 23.6. The summed E-state index contributed by atoms with van der Waals surface area (Å²) in [4.78, 5) is 9.80. The van der Waals surface area contributed by atoms with Gasteiger partial charge in [0.2, 0.25) is 0 Å². The summed E-state index contributed by atoms with van der Waals surface area (Å²) < 4.78 is 6.66. The van der Waals surface area contributed by atoms with Crippen LogP contribution in [0, 0.1) is 73.6 Å².